The zero-order valence-corrected chi connectivity index (χ0v) is 8.87. The minimum atomic E-state index is -0.264. The van der Waals surface area contributed by atoms with Gasteiger partial charge in [0.05, 0.1) is 0 Å². The van der Waals surface area contributed by atoms with Crippen molar-refractivity contribution in [3.8, 4) is 0 Å². The number of hydrogen-bond donors (Lipinski definition) is 1. The maximum absolute atomic E-state index is 12.1. The predicted molar refractivity (Wildman–Crippen MR) is 56.0 cm³/mol. The van der Waals surface area contributed by atoms with Gasteiger partial charge in [-0.15, -0.1) is 0 Å². The van der Waals surface area contributed by atoms with Gasteiger partial charge >= 0.3 is 6.41 Å². The van der Waals surface area contributed by atoms with Crippen LogP contribution in [0, 0.1) is 5.92 Å². The van der Waals surface area contributed by atoms with Crippen molar-refractivity contribution in [2.45, 2.75) is 31.7 Å². The summed E-state index contributed by atoms with van der Waals surface area (Å²) < 4.78 is 0. The van der Waals surface area contributed by atoms with E-state index in [0.717, 1.165) is 32.2 Å². The van der Waals surface area contributed by atoms with E-state index in [0.29, 0.717) is 13.1 Å². The van der Waals surface area contributed by atoms with Crippen LogP contribution < -0.4 is 5.32 Å². The number of carbonyl (C=O) groups is 1. The van der Waals surface area contributed by atoms with Crippen molar-refractivity contribution >= 4 is 12.2 Å². The van der Waals surface area contributed by atoms with Crippen molar-refractivity contribution in [3.63, 3.8) is 0 Å². The molecule has 4 heteroatoms. The van der Waals surface area contributed by atoms with Crippen LogP contribution >= 0.6 is 0 Å². The van der Waals surface area contributed by atoms with E-state index in [9.17, 15) is 9.59 Å². The molecule has 1 N–H and O–H groups in total. The monoisotopic (exact) mass is 209 g/mol. The van der Waals surface area contributed by atoms with Crippen molar-refractivity contribution in [1.82, 2.24) is 10.2 Å². The van der Waals surface area contributed by atoms with Crippen LogP contribution in [0.3, 0.4) is 0 Å². The van der Waals surface area contributed by atoms with Crippen LogP contribution in [0.2, 0.25) is 0 Å². The summed E-state index contributed by atoms with van der Waals surface area (Å²) in [5.41, 5.74) is 0. The fourth-order valence-electron chi connectivity index (χ4n) is 2.55. The van der Waals surface area contributed by atoms with E-state index >= 15 is 0 Å². The summed E-state index contributed by atoms with van der Waals surface area (Å²) in [6.07, 6.45) is 6.19. The molecule has 2 aliphatic rings. The highest BCUT2D eigenvalue weighted by Crippen LogP contribution is 2.27. The average Bonchev–Trinajstić information content (AvgIpc) is 2.81. The summed E-state index contributed by atoms with van der Waals surface area (Å²) >= 11 is 0. The predicted octanol–water partition coefficient (Wildman–Crippen LogP) is 0.0867. The lowest BCUT2D eigenvalue weighted by molar-refractivity contribution is -0.127. The molecule has 0 aromatic heterocycles. The van der Waals surface area contributed by atoms with Crippen molar-refractivity contribution in [2.24, 2.45) is 5.92 Å². The third-order valence-corrected chi connectivity index (χ3v) is 3.45. The SMILES string of the molecule is O=[C]N1CCNCC1C(=O)C1CCCC1. The van der Waals surface area contributed by atoms with E-state index in [-0.39, 0.29) is 17.7 Å². The largest absolute Gasteiger partial charge is 0.322 e. The fraction of sp³-hybridized carbons (Fsp3) is 0.818. The van der Waals surface area contributed by atoms with Crippen LogP contribution in [0.25, 0.3) is 0 Å². The van der Waals surface area contributed by atoms with E-state index in [1.54, 1.807) is 0 Å². The van der Waals surface area contributed by atoms with Gasteiger partial charge in [0.1, 0.15) is 6.04 Å². The minimum Gasteiger partial charge on any atom is -0.322 e. The quantitative estimate of drug-likeness (QED) is 0.716. The Bertz CT molecular complexity index is 249. The van der Waals surface area contributed by atoms with Gasteiger partial charge in [0.2, 0.25) is 0 Å². The Hall–Kier alpha value is -0.900. The summed E-state index contributed by atoms with van der Waals surface area (Å²) in [7, 11) is 0. The molecule has 1 radical (unpaired) electrons. The average molecular weight is 209 g/mol. The molecule has 1 amide bonds. The maximum Gasteiger partial charge on any atom is 0.312 e. The molecule has 1 saturated carbocycles. The first kappa shape index (κ1) is 10.6. The Morgan fingerprint density at radius 3 is 2.73 bits per heavy atom. The number of amides is 1. The topological polar surface area (TPSA) is 49.4 Å². The molecule has 2 fully saturated rings. The zero-order chi connectivity index (χ0) is 10.7. The third kappa shape index (κ3) is 2.20. The first-order valence-electron chi connectivity index (χ1n) is 5.72. The molecule has 1 unspecified atom stereocenters. The number of Topliss-reactive ketones (excluding diaryl/α,β-unsaturated/α-hetero) is 1. The van der Waals surface area contributed by atoms with Gasteiger partial charge in [0.25, 0.3) is 0 Å². The van der Waals surface area contributed by atoms with Crippen LogP contribution in [-0.2, 0) is 9.59 Å². The van der Waals surface area contributed by atoms with Gasteiger partial charge in [0, 0.05) is 25.6 Å². The molecule has 0 aromatic carbocycles. The zero-order valence-electron chi connectivity index (χ0n) is 8.87. The number of ketones is 1. The Kier molecular flexibility index (Phi) is 3.36. The molecule has 1 aliphatic heterocycles. The number of hydrogen-bond acceptors (Lipinski definition) is 3. The molecule has 4 nitrogen and oxygen atoms in total. The van der Waals surface area contributed by atoms with Gasteiger partial charge in [-0.1, -0.05) is 12.8 Å². The molecule has 1 saturated heterocycles. The molecule has 1 heterocycles. The Labute approximate surface area is 90.0 Å². The molecule has 0 spiro atoms. The van der Waals surface area contributed by atoms with Crippen LogP contribution in [0.4, 0.5) is 0 Å². The lowest BCUT2D eigenvalue weighted by Crippen LogP contribution is -2.55. The molecule has 1 atom stereocenters. The first-order valence-corrected chi connectivity index (χ1v) is 5.72. The van der Waals surface area contributed by atoms with Gasteiger partial charge in [-0.25, -0.2) is 0 Å². The molecule has 15 heavy (non-hydrogen) atoms. The van der Waals surface area contributed by atoms with Crippen molar-refractivity contribution in [1.29, 1.82) is 0 Å². The Morgan fingerprint density at radius 1 is 1.33 bits per heavy atom. The highest BCUT2D eigenvalue weighted by Gasteiger charge is 2.34. The van der Waals surface area contributed by atoms with Crippen molar-refractivity contribution in [2.75, 3.05) is 19.6 Å². The number of piperazine rings is 1. The molecule has 0 aromatic rings. The number of carbonyl (C=O) groups excluding carboxylic acids is 2. The van der Waals surface area contributed by atoms with E-state index in [4.69, 9.17) is 0 Å². The normalized spacial score (nSPS) is 28.0. The molecular weight excluding hydrogens is 192 g/mol. The molecule has 0 bridgehead atoms. The number of nitrogens with one attached hydrogen (secondary N) is 1. The standard InChI is InChI=1S/C11H17N2O2/c14-8-13-6-5-12-7-10(13)11(15)9-3-1-2-4-9/h9-10,12H,1-7H2. The summed E-state index contributed by atoms with van der Waals surface area (Å²) in [4.78, 5) is 24.3. The molecule has 83 valence electrons. The van der Waals surface area contributed by atoms with Crippen LogP contribution in [0.15, 0.2) is 0 Å². The molecular formula is C11H17N2O2. The number of rotatable bonds is 3. The minimum absolute atomic E-state index is 0.186. The van der Waals surface area contributed by atoms with Gasteiger partial charge in [-0.2, -0.15) is 0 Å². The van der Waals surface area contributed by atoms with Crippen molar-refractivity contribution in [3.05, 3.63) is 0 Å². The van der Waals surface area contributed by atoms with Gasteiger partial charge in [-0.05, 0) is 12.8 Å². The second-order valence-electron chi connectivity index (χ2n) is 4.39. The summed E-state index contributed by atoms with van der Waals surface area (Å²) in [5, 5.41) is 3.16. The lowest BCUT2D eigenvalue weighted by Gasteiger charge is -2.32. The van der Waals surface area contributed by atoms with Crippen LogP contribution in [0.5, 0.6) is 0 Å². The van der Waals surface area contributed by atoms with Crippen LogP contribution in [0.1, 0.15) is 25.7 Å². The highest BCUT2D eigenvalue weighted by molar-refractivity contribution is 5.88. The van der Waals surface area contributed by atoms with E-state index in [1.807, 2.05) is 6.41 Å². The van der Waals surface area contributed by atoms with Gasteiger partial charge in [-0.3, -0.25) is 9.59 Å². The van der Waals surface area contributed by atoms with E-state index < -0.39 is 0 Å². The van der Waals surface area contributed by atoms with Gasteiger partial charge in [0.15, 0.2) is 5.78 Å². The Balaban J connectivity index is 1.99. The van der Waals surface area contributed by atoms with Gasteiger partial charge < -0.3 is 10.2 Å². The smallest absolute Gasteiger partial charge is 0.312 e. The first-order chi connectivity index (χ1) is 7.33. The van der Waals surface area contributed by atoms with E-state index in [2.05, 4.69) is 5.32 Å². The maximum atomic E-state index is 12.1. The molecule has 2 rings (SSSR count). The van der Waals surface area contributed by atoms with Crippen LogP contribution in [-0.4, -0.2) is 42.8 Å². The third-order valence-electron chi connectivity index (χ3n) is 3.45. The Morgan fingerprint density at radius 2 is 2.07 bits per heavy atom. The van der Waals surface area contributed by atoms with Crippen molar-refractivity contribution < 1.29 is 9.59 Å². The second kappa shape index (κ2) is 4.75. The summed E-state index contributed by atoms with van der Waals surface area (Å²) in [6, 6.07) is -0.264. The lowest BCUT2D eigenvalue weighted by atomic mass is 9.95. The highest BCUT2D eigenvalue weighted by atomic mass is 16.1. The fourth-order valence-corrected chi connectivity index (χ4v) is 2.55. The second-order valence-corrected chi connectivity index (χ2v) is 4.39. The number of nitrogens with zero attached hydrogens (tertiary/aromatic N) is 1. The summed E-state index contributed by atoms with van der Waals surface area (Å²) in [5.74, 6) is 0.425. The molecule has 1 aliphatic carbocycles. The summed E-state index contributed by atoms with van der Waals surface area (Å²) in [6.45, 7) is 1.97. The van der Waals surface area contributed by atoms with E-state index in [1.165, 1.54) is 4.90 Å².